The number of amides is 1. The Labute approximate surface area is 223 Å². The molecule has 0 aliphatic carbocycles. The average Bonchev–Trinajstić information content (AvgIpc) is 3.20. The number of sulfonamides is 1. The summed E-state index contributed by atoms with van der Waals surface area (Å²) < 4.78 is 42.1. The van der Waals surface area contributed by atoms with Gasteiger partial charge in [-0.15, -0.1) is 0 Å². The largest absolute Gasteiger partial charge is 0.495 e. The molecule has 0 bridgehead atoms. The maximum absolute atomic E-state index is 13.3. The second-order valence-electron chi connectivity index (χ2n) is 9.59. The lowest BCUT2D eigenvalue weighted by molar-refractivity contribution is 0.0996. The number of para-hydroxylation sites is 1. The van der Waals surface area contributed by atoms with Crippen molar-refractivity contribution in [1.82, 2.24) is 8.87 Å². The van der Waals surface area contributed by atoms with Crippen molar-refractivity contribution < 1.29 is 22.7 Å². The number of aromatic nitrogens is 1. The summed E-state index contributed by atoms with van der Waals surface area (Å²) in [5.41, 5.74) is 1.18. The van der Waals surface area contributed by atoms with E-state index in [9.17, 15) is 13.2 Å². The van der Waals surface area contributed by atoms with Crippen molar-refractivity contribution in [2.24, 2.45) is 16.8 Å². The van der Waals surface area contributed by atoms with Crippen LogP contribution in [0.3, 0.4) is 0 Å². The van der Waals surface area contributed by atoms with Crippen LogP contribution in [0.2, 0.25) is 0 Å². The quantitative estimate of drug-likeness (QED) is 0.304. The molecule has 0 aliphatic heterocycles. The van der Waals surface area contributed by atoms with Crippen molar-refractivity contribution in [3.05, 3.63) is 52.8 Å². The molecule has 0 saturated carbocycles. The Hall–Kier alpha value is -2.53. The Morgan fingerprint density at radius 3 is 2.27 bits per heavy atom. The van der Waals surface area contributed by atoms with Crippen molar-refractivity contribution in [3.8, 4) is 5.75 Å². The van der Waals surface area contributed by atoms with Crippen molar-refractivity contribution >= 4 is 37.5 Å². The molecule has 10 heteroatoms. The van der Waals surface area contributed by atoms with Crippen LogP contribution in [0.1, 0.15) is 45.0 Å². The third kappa shape index (κ3) is 7.07. The number of carbonyl (C=O) groups excluding carboxylic acids is 1. The van der Waals surface area contributed by atoms with E-state index in [1.165, 1.54) is 39.9 Å². The van der Waals surface area contributed by atoms with E-state index in [-0.39, 0.29) is 16.7 Å². The molecule has 1 heterocycles. The van der Waals surface area contributed by atoms with Crippen molar-refractivity contribution in [3.63, 3.8) is 0 Å². The average molecular weight is 548 g/mol. The first-order valence-corrected chi connectivity index (χ1v) is 14.8. The zero-order chi connectivity index (χ0) is 27.2. The minimum atomic E-state index is -3.68. The number of hydrogen-bond donors (Lipinski definition) is 0. The molecule has 3 aromatic rings. The number of fused-ring (bicyclic) bond motifs is 1. The van der Waals surface area contributed by atoms with E-state index in [4.69, 9.17) is 9.47 Å². The van der Waals surface area contributed by atoms with Crippen LogP contribution >= 0.6 is 11.3 Å². The summed E-state index contributed by atoms with van der Waals surface area (Å²) in [6.07, 6.45) is 0. The zero-order valence-corrected chi connectivity index (χ0v) is 24.1. The molecule has 0 atom stereocenters. The zero-order valence-electron chi connectivity index (χ0n) is 22.4. The molecule has 0 N–H and O–H groups in total. The van der Waals surface area contributed by atoms with E-state index < -0.39 is 15.9 Å². The highest BCUT2D eigenvalue weighted by Gasteiger charge is 2.26. The van der Waals surface area contributed by atoms with Gasteiger partial charge in [-0.1, -0.05) is 45.1 Å². The molecule has 0 fully saturated rings. The lowest BCUT2D eigenvalue weighted by Gasteiger charge is -2.25. The van der Waals surface area contributed by atoms with Crippen LogP contribution in [-0.2, 0) is 21.3 Å². The third-order valence-corrected chi connectivity index (χ3v) is 8.51. The molecule has 0 unspecified atom stereocenters. The summed E-state index contributed by atoms with van der Waals surface area (Å²) in [5.74, 6) is 0.645. The highest BCUT2D eigenvalue weighted by molar-refractivity contribution is 7.89. The fourth-order valence-corrected chi connectivity index (χ4v) is 6.85. The third-order valence-electron chi connectivity index (χ3n) is 5.62. The number of hydrogen-bond acceptors (Lipinski definition) is 6. The van der Waals surface area contributed by atoms with Crippen LogP contribution in [0.4, 0.5) is 0 Å². The van der Waals surface area contributed by atoms with Crippen molar-refractivity contribution in [2.75, 3.05) is 33.4 Å². The summed E-state index contributed by atoms with van der Waals surface area (Å²) in [6.45, 7) is 12.4. The molecule has 1 amide bonds. The molecular formula is C27H37N3O5S2. The predicted octanol–water partition coefficient (Wildman–Crippen LogP) is 4.79. The lowest BCUT2D eigenvalue weighted by atomic mass is 10.2. The second-order valence-corrected chi connectivity index (χ2v) is 12.5. The molecule has 3 rings (SSSR count). The molecule has 2 aromatic carbocycles. The lowest BCUT2D eigenvalue weighted by Crippen LogP contribution is -2.37. The molecule has 1 aromatic heterocycles. The van der Waals surface area contributed by atoms with E-state index in [1.54, 1.807) is 7.11 Å². The minimum Gasteiger partial charge on any atom is -0.495 e. The van der Waals surface area contributed by atoms with Gasteiger partial charge < -0.3 is 14.0 Å². The number of carbonyl (C=O) groups is 1. The van der Waals surface area contributed by atoms with Gasteiger partial charge in [0, 0.05) is 31.8 Å². The molecule has 0 saturated heterocycles. The van der Waals surface area contributed by atoms with Gasteiger partial charge in [-0.25, -0.2) is 8.42 Å². The molecular weight excluding hydrogens is 510 g/mol. The van der Waals surface area contributed by atoms with Crippen molar-refractivity contribution in [2.45, 2.75) is 46.1 Å². The maximum Gasteiger partial charge on any atom is 0.279 e. The molecule has 8 nitrogen and oxygen atoms in total. The summed E-state index contributed by atoms with van der Waals surface area (Å²) in [6, 6.07) is 11.8. The summed E-state index contributed by atoms with van der Waals surface area (Å²) in [7, 11) is -2.06. The molecule has 0 spiro atoms. The first-order chi connectivity index (χ1) is 17.6. The fraction of sp³-hybridized carbons (Fsp3) is 0.481. The first kappa shape index (κ1) is 29.0. The molecule has 0 aliphatic rings. The summed E-state index contributed by atoms with van der Waals surface area (Å²) in [4.78, 5) is 18.2. The second kappa shape index (κ2) is 12.8. The van der Waals surface area contributed by atoms with Crippen LogP contribution in [0.25, 0.3) is 10.2 Å². The van der Waals surface area contributed by atoms with Gasteiger partial charge in [0.05, 0.1) is 23.3 Å². The van der Waals surface area contributed by atoms with Crippen molar-refractivity contribution in [1.29, 1.82) is 0 Å². The Morgan fingerprint density at radius 1 is 1.05 bits per heavy atom. The normalized spacial score (nSPS) is 12.8. The van der Waals surface area contributed by atoms with E-state index in [0.29, 0.717) is 49.0 Å². The van der Waals surface area contributed by atoms with Crippen LogP contribution in [0.15, 0.2) is 52.4 Å². The highest BCUT2D eigenvalue weighted by atomic mass is 32.2. The van der Waals surface area contributed by atoms with E-state index in [1.807, 2.05) is 57.4 Å². The van der Waals surface area contributed by atoms with Crippen LogP contribution < -0.4 is 9.54 Å². The van der Waals surface area contributed by atoms with E-state index in [2.05, 4.69) is 4.99 Å². The highest BCUT2D eigenvalue weighted by Crippen LogP contribution is 2.27. The number of rotatable bonds is 12. The SMILES string of the molecule is CCOCCn1c(=NC(=O)c2ccc(S(=O)(=O)N(CC(C)C)CC(C)C)cc2)sc2cccc(OC)c21. The summed E-state index contributed by atoms with van der Waals surface area (Å²) >= 11 is 1.39. The van der Waals surface area contributed by atoms with Crippen LogP contribution in [0, 0.1) is 11.8 Å². The van der Waals surface area contributed by atoms with Gasteiger partial charge in [-0.2, -0.15) is 9.30 Å². The van der Waals surface area contributed by atoms with Gasteiger partial charge in [0.1, 0.15) is 11.3 Å². The number of thiazole rings is 1. The standard InChI is InChI=1S/C27H37N3O5S2/c1-7-35-16-15-30-25-23(34-6)9-8-10-24(25)36-27(30)28-26(31)21-11-13-22(14-12-21)37(32,33)29(17-19(2)3)18-20(4)5/h8-14,19-20H,7,15-18H2,1-6H3. The smallest absolute Gasteiger partial charge is 0.279 e. The fourth-order valence-electron chi connectivity index (χ4n) is 4.01. The van der Waals surface area contributed by atoms with E-state index >= 15 is 0 Å². The number of benzene rings is 2. The monoisotopic (exact) mass is 547 g/mol. The molecule has 37 heavy (non-hydrogen) atoms. The first-order valence-electron chi connectivity index (χ1n) is 12.5. The Kier molecular flexibility index (Phi) is 10.1. The van der Waals surface area contributed by atoms with Gasteiger partial charge in [0.2, 0.25) is 10.0 Å². The predicted molar refractivity (Wildman–Crippen MR) is 148 cm³/mol. The van der Waals surface area contributed by atoms with Gasteiger partial charge in [0.25, 0.3) is 5.91 Å². The van der Waals surface area contributed by atoms with Gasteiger partial charge >= 0.3 is 0 Å². The van der Waals surface area contributed by atoms with Gasteiger partial charge in [0.15, 0.2) is 4.80 Å². The van der Waals surface area contributed by atoms with Gasteiger partial charge in [-0.05, 0) is 55.2 Å². The summed E-state index contributed by atoms with van der Waals surface area (Å²) in [5, 5.41) is 0. The van der Waals surface area contributed by atoms with E-state index in [0.717, 1.165) is 10.2 Å². The maximum atomic E-state index is 13.3. The number of ether oxygens (including phenoxy) is 2. The Bertz CT molecular complexity index is 1360. The van der Waals surface area contributed by atoms with Crippen LogP contribution in [-0.4, -0.2) is 56.6 Å². The number of nitrogens with zero attached hydrogens (tertiary/aromatic N) is 3. The molecule has 202 valence electrons. The molecule has 0 radical (unpaired) electrons. The Morgan fingerprint density at radius 2 is 1.70 bits per heavy atom. The van der Waals surface area contributed by atoms with Crippen LogP contribution in [0.5, 0.6) is 5.75 Å². The Balaban J connectivity index is 1.96. The topological polar surface area (TPSA) is 90.2 Å². The van der Waals surface area contributed by atoms with Gasteiger partial charge in [-0.3, -0.25) is 4.79 Å². The number of methoxy groups -OCH3 is 1. The minimum absolute atomic E-state index is 0.170.